The largest absolute Gasteiger partial charge is 0.370 e. The van der Waals surface area contributed by atoms with Gasteiger partial charge in [-0.3, -0.25) is 9.88 Å². The molecule has 0 spiro atoms. The van der Waals surface area contributed by atoms with E-state index in [1.54, 1.807) is 24.3 Å². The van der Waals surface area contributed by atoms with Crippen molar-refractivity contribution in [1.82, 2.24) is 9.55 Å². The highest BCUT2D eigenvalue weighted by Gasteiger charge is 2.04. The number of nitrogens with one attached hydrogen (secondary N) is 1. The smallest absolute Gasteiger partial charge is 0.354 e. The van der Waals surface area contributed by atoms with Crippen molar-refractivity contribution in [3.63, 3.8) is 0 Å². The van der Waals surface area contributed by atoms with Gasteiger partial charge in [-0.2, -0.15) is 4.98 Å². The van der Waals surface area contributed by atoms with Crippen LogP contribution >= 0.6 is 0 Å². The van der Waals surface area contributed by atoms with Gasteiger partial charge in [-0.25, -0.2) is 14.6 Å². The van der Waals surface area contributed by atoms with E-state index in [0.29, 0.717) is 12.2 Å². The zero-order chi connectivity index (χ0) is 16.1. The number of primary amides is 1. The topological polar surface area (TPSA) is 154 Å². The molecule has 0 atom stereocenters. The summed E-state index contributed by atoms with van der Waals surface area (Å²) in [6, 6.07) is 7.75. The number of hydrogen-bond donors (Lipinski definition) is 4. The molecule has 1 aromatic heterocycles. The number of carbonyl (C=O) groups is 1. The molecule has 2 rings (SSSR count). The van der Waals surface area contributed by atoms with Crippen LogP contribution in [0, 0.1) is 0 Å². The second kappa shape index (κ2) is 6.39. The van der Waals surface area contributed by atoms with Gasteiger partial charge in [0.2, 0.25) is 0 Å². The lowest BCUT2D eigenvalue weighted by atomic mass is 10.2. The van der Waals surface area contributed by atoms with Crippen molar-refractivity contribution in [2.75, 3.05) is 5.32 Å². The van der Waals surface area contributed by atoms with E-state index in [-0.39, 0.29) is 11.8 Å². The average Bonchev–Trinajstić information content (AvgIpc) is 2.45. The first kappa shape index (κ1) is 15.0. The van der Waals surface area contributed by atoms with E-state index < -0.39 is 11.7 Å². The van der Waals surface area contributed by atoms with Crippen LogP contribution in [0.2, 0.25) is 0 Å². The molecule has 1 aromatic carbocycles. The number of anilines is 1. The molecule has 0 aliphatic carbocycles. The Morgan fingerprint density at radius 2 is 1.86 bits per heavy atom. The van der Waals surface area contributed by atoms with E-state index >= 15 is 0 Å². The van der Waals surface area contributed by atoms with E-state index in [4.69, 9.17) is 17.2 Å². The van der Waals surface area contributed by atoms with Crippen LogP contribution in [0.25, 0.3) is 5.69 Å². The van der Waals surface area contributed by atoms with E-state index in [2.05, 4.69) is 15.3 Å². The zero-order valence-corrected chi connectivity index (χ0v) is 11.6. The highest BCUT2D eigenvalue weighted by molar-refractivity contribution is 5.86. The van der Waals surface area contributed by atoms with Crippen molar-refractivity contribution in [2.45, 2.75) is 6.54 Å². The van der Waals surface area contributed by atoms with Gasteiger partial charge < -0.3 is 17.2 Å². The number of amides is 2. The highest BCUT2D eigenvalue weighted by Crippen LogP contribution is 2.09. The van der Waals surface area contributed by atoms with Gasteiger partial charge in [0.15, 0.2) is 5.96 Å². The molecule has 22 heavy (non-hydrogen) atoms. The summed E-state index contributed by atoms with van der Waals surface area (Å²) in [6.07, 6.45) is 1.49. The van der Waals surface area contributed by atoms with Gasteiger partial charge >= 0.3 is 11.7 Å². The molecule has 0 radical (unpaired) electrons. The fourth-order valence-electron chi connectivity index (χ4n) is 1.74. The van der Waals surface area contributed by atoms with Gasteiger partial charge in [0.1, 0.15) is 5.82 Å². The minimum atomic E-state index is -0.784. The summed E-state index contributed by atoms with van der Waals surface area (Å²) in [5.41, 5.74) is 16.5. The zero-order valence-electron chi connectivity index (χ0n) is 11.6. The van der Waals surface area contributed by atoms with Crippen molar-refractivity contribution in [3.05, 3.63) is 52.6 Å². The first-order valence-corrected chi connectivity index (χ1v) is 6.26. The minimum Gasteiger partial charge on any atom is -0.370 e. The number of nitrogens with zero attached hydrogens (tertiary/aromatic N) is 3. The molecule has 9 heteroatoms. The van der Waals surface area contributed by atoms with Crippen LogP contribution in [0.3, 0.4) is 0 Å². The Hall–Kier alpha value is -3.36. The predicted molar refractivity (Wildman–Crippen MR) is 82.6 cm³/mol. The maximum absolute atomic E-state index is 11.9. The second-order valence-electron chi connectivity index (χ2n) is 4.36. The third kappa shape index (κ3) is 3.82. The number of benzene rings is 1. The van der Waals surface area contributed by atoms with Gasteiger partial charge in [-0.05, 0) is 23.8 Å². The van der Waals surface area contributed by atoms with Gasteiger partial charge in [0.05, 0.1) is 12.2 Å². The van der Waals surface area contributed by atoms with Crippen molar-refractivity contribution in [3.8, 4) is 5.69 Å². The average molecular weight is 301 g/mol. The number of aromatic nitrogens is 2. The molecule has 2 amide bonds. The van der Waals surface area contributed by atoms with Gasteiger partial charge in [-0.15, -0.1) is 0 Å². The summed E-state index contributed by atoms with van der Waals surface area (Å²) in [4.78, 5) is 30.2. The minimum absolute atomic E-state index is 0.0158. The molecule has 2 aromatic rings. The van der Waals surface area contributed by atoms with Crippen LogP contribution in [0.5, 0.6) is 0 Å². The molecular weight excluding hydrogens is 286 g/mol. The molecule has 114 valence electrons. The molecule has 0 fully saturated rings. The van der Waals surface area contributed by atoms with Crippen molar-refractivity contribution in [1.29, 1.82) is 0 Å². The monoisotopic (exact) mass is 301 g/mol. The van der Waals surface area contributed by atoms with Crippen molar-refractivity contribution < 1.29 is 4.79 Å². The predicted octanol–water partition coefficient (Wildman–Crippen LogP) is -0.503. The Morgan fingerprint density at radius 1 is 1.18 bits per heavy atom. The third-order valence-corrected chi connectivity index (χ3v) is 2.71. The normalized spacial score (nSPS) is 10.0. The molecule has 0 bridgehead atoms. The van der Waals surface area contributed by atoms with Crippen LogP contribution in [0.15, 0.2) is 46.3 Å². The molecule has 0 unspecified atom stereocenters. The van der Waals surface area contributed by atoms with Crippen LogP contribution in [-0.4, -0.2) is 21.5 Å². The second-order valence-corrected chi connectivity index (χ2v) is 4.36. The lowest BCUT2D eigenvalue weighted by molar-refractivity contribution is 0.259. The summed E-state index contributed by atoms with van der Waals surface area (Å²) in [5.74, 6) is 0.111. The molecule has 0 aliphatic rings. The van der Waals surface area contributed by atoms with Gasteiger partial charge in [-0.1, -0.05) is 12.1 Å². The molecule has 7 N–H and O–H groups in total. The first-order chi connectivity index (χ1) is 10.5. The fraction of sp³-hybridized carbons (Fsp3) is 0.0769. The highest BCUT2D eigenvalue weighted by atomic mass is 16.2. The van der Waals surface area contributed by atoms with Crippen LogP contribution < -0.4 is 28.2 Å². The van der Waals surface area contributed by atoms with Crippen molar-refractivity contribution in [2.24, 2.45) is 22.2 Å². The summed E-state index contributed by atoms with van der Waals surface area (Å²) in [7, 11) is 0. The van der Waals surface area contributed by atoms with Crippen LogP contribution in [-0.2, 0) is 6.54 Å². The quantitative estimate of drug-likeness (QED) is 0.442. The maximum atomic E-state index is 11.9. The first-order valence-electron chi connectivity index (χ1n) is 6.26. The molecule has 0 saturated carbocycles. The van der Waals surface area contributed by atoms with Crippen molar-refractivity contribution >= 4 is 17.8 Å². The third-order valence-electron chi connectivity index (χ3n) is 2.71. The molecule has 1 heterocycles. The van der Waals surface area contributed by atoms with E-state index in [1.165, 1.54) is 16.8 Å². The van der Waals surface area contributed by atoms with Crippen LogP contribution in [0.1, 0.15) is 5.56 Å². The number of nitrogens with two attached hydrogens (primary N) is 3. The Bertz CT molecular complexity index is 761. The van der Waals surface area contributed by atoms with Gasteiger partial charge in [0, 0.05) is 6.20 Å². The summed E-state index contributed by atoms with van der Waals surface area (Å²) in [5, 5.41) is 2.24. The number of rotatable bonds is 4. The standard InChI is InChI=1S/C13H15N7O2/c14-11(15)17-7-8-1-3-9(4-2-8)20-6-5-10(18-12(16)21)19-13(20)22/h1-6H,7H2,(H4,14,15,17)(H3,16,18,19,21,22). The Labute approximate surface area is 125 Å². The lowest BCUT2D eigenvalue weighted by Crippen LogP contribution is -2.25. The number of carbonyl (C=O) groups excluding carboxylic acids is 1. The molecular formula is C13H15N7O2. The van der Waals surface area contributed by atoms with Gasteiger partial charge in [0.25, 0.3) is 0 Å². The fourth-order valence-corrected chi connectivity index (χ4v) is 1.74. The molecule has 9 nitrogen and oxygen atoms in total. The van der Waals surface area contributed by atoms with E-state index in [9.17, 15) is 9.59 Å². The summed E-state index contributed by atoms with van der Waals surface area (Å²) >= 11 is 0. The molecule has 0 aliphatic heterocycles. The molecule has 0 saturated heterocycles. The summed E-state index contributed by atoms with van der Waals surface area (Å²) in [6.45, 7) is 0.358. The number of guanidine groups is 1. The van der Waals surface area contributed by atoms with E-state index in [1.807, 2.05) is 0 Å². The number of hydrogen-bond acceptors (Lipinski definition) is 4. The van der Waals surface area contributed by atoms with E-state index in [0.717, 1.165) is 5.56 Å². The SMILES string of the molecule is NC(=O)Nc1ccn(-c2ccc(CN=C(N)N)cc2)c(=O)n1. The van der Waals surface area contributed by atoms with Crippen LogP contribution in [0.4, 0.5) is 10.6 Å². The number of urea groups is 1. The Morgan fingerprint density at radius 3 is 2.41 bits per heavy atom. The maximum Gasteiger partial charge on any atom is 0.354 e. The summed E-state index contributed by atoms with van der Waals surface area (Å²) < 4.78 is 1.33. The number of aliphatic imine (C=N–C) groups is 1. The Kier molecular flexibility index (Phi) is 4.37. The lowest BCUT2D eigenvalue weighted by Gasteiger charge is -2.07. The Balaban J connectivity index is 2.23.